The number of halogens is 1. The summed E-state index contributed by atoms with van der Waals surface area (Å²) in [5.74, 6) is 1.29. The number of fused-ring (bicyclic) bond motifs is 1. The molecule has 0 bridgehead atoms. The minimum atomic E-state index is 0.643. The summed E-state index contributed by atoms with van der Waals surface area (Å²) in [5, 5.41) is 0. The van der Waals surface area contributed by atoms with Crippen molar-refractivity contribution in [3.05, 3.63) is 77.9 Å². The van der Waals surface area contributed by atoms with Crippen LogP contribution < -0.4 is 0 Å². The summed E-state index contributed by atoms with van der Waals surface area (Å²) in [4.78, 5) is 13.7. The largest absolute Gasteiger partial charge is 0.463 e. The zero-order valence-electron chi connectivity index (χ0n) is 14.0. The minimum Gasteiger partial charge on any atom is -0.463 e. The quantitative estimate of drug-likeness (QED) is 0.361. The molecule has 0 saturated heterocycles. The van der Waals surface area contributed by atoms with Gasteiger partial charge in [0, 0.05) is 16.9 Å². The molecular weight excluding hydrogens is 406 g/mol. The van der Waals surface area contributed by atoms with Crippen LogP contribution in [0.2, 0.25) is 0 Å². The molecule has 1 aromatic carbocycles. The second-order valence-electron chi connectivity index (χ2n) is 5.93. The zero-order valence-corrected chi connectivity index (χ0v) is 15.6. The number of benzene rings is 1. The molecule has 6 heteroatoms. The number of nitrogens with zero attached hydrogens (tertiary/aromatic N) is 3. The van der Waals surface area contributed by atoms with Crippen molar-refractivity contribution in [3.8, 4) is 34.0 Å². The van der Waals surface area contributed by atoms with Crippen LogP contribution in [0.3, 0.4) is 0 Å². The molecule has 0 saturated carbocycles. The Hall–Kier alpha value is -3.25. The lowest BCUT2D eigenvalue weighted by Gasteiger charge is -2.10. The van der Waals surface area contributed by atoms with Gasteiger partial charge >= 0.3 is 0 Å². The summed E-state index contributed by atoms with van der Waals surface area (Å²) in [7, 11) is 0. The number of hydrogen-bond acceptors (Lipinski definition) is 5. The minimum absolute atomic E-state index is 0.643. The summed E-state index contributed by atoms with van der Waals surface area (Å²) in [6.07, 6.45) is 6.78. The summed E-state index contributed by atoms with van der Waals surface area (Å²) in [5.41, 5.74) is 4.90. The topological polar surface area (TPSA) is 65.0 Å². The number of rotatable bonds is 3. The average Bonchev–Trinajstić information content (AvgIpc) is 3.41. The van der Waals surface area contributed by atoms with Crippen LogP contribution in [-0.4, -0.2) is 15.0 Å². The van der Waals surface area contributed by atoms with Gasteiger partial charge in [-0.05, 0) is 59.7 Å². The van der Waals surface area contributed by atoms with Crippen molar-refractivity contribution < 1.29 is 8.83 Å². The van der Waals surface area contributed by atoms with E-state index in [2.05, 4.69) is 20.9 Å². The number of hydrogen-bond donors (Lipinski definition) is 0. The van der Waals surface area contributed by atoms with Gasteiger partial charge in [0.1, 0.15) is 11.4 Å². The van der Waals surface area contributed by atoms with Crippen molar-refractivity contribution >= 4 is 27.0 Å². The van der Waals surface area contributed by atoms with E-state index in [-0.39, 0.29) is 0 Å². The first kappa shape index (κ1) is 16.0. The fraction of sp³-hybridized carbons (Fsp3) is 0. The number of furan rings is 2. The lowest BCUT2D eigenvalue weighted by atomic mass is 10.1. The first-order valence-corrected chi connectivity index (χ1v) is 9.08. The third kappa shape index (κ3) is 2.84. The Kier molecular flexibility index (Phi) is 3.83. The maximum atomic E-state index is 5.58. The average molecular weight is 418 g/mol. The van der Waals surface area contributed by atoms with Crippen LogP contribution in [0.1, 0.15) is 0 Å². The lowest BCUT2D eigenvalue weighted by molar-refractivity contribution is 0.572. The van der Waals surface area contributed by atoms with Gasteiger partial charge in [-0.25, -0.2) is 9.97 Å². The Balaban J connectivity index is 1.78. The standard InChI is InChI=1S/C21H12BrN3O2/c22-15-12-17-16(11-14(15)13-5-7-23-8-6-13)24-20(18-3-1-9-26-18)21(25-17)19-4-2-10-27-19/h1-12H. The van der Waals surface area contributed by atoms with Crippen molar-refractivity contribution in [2.45, 2.75) is 0 Å². The molecule has 0 atom stereocenters. The maximum Gasteiger partial charge on any atom is 0.154 e. The molecule has 0 unspecified atom stereocenters. The molecule has 0 amide bonds. The molecule has 0 aliphatic heterocycles. The summed E-state index contributed by atoms with van der Waals surface area (Å²) < 4.78 is 12.1. The molecule has 5 nitrogen and oxygen atoms in total. The van der Waals surface area contributed by atoms with Gasteiger partial charge in [-0.2, -0.15) is 0 Å². The van der Waals surface area contributed by atoms with Gasteiger partial charge in [-0.1, -0.05) is 15.9 Å². The van der Waals surface area contributed by atoms with Crippen LogP contribution in [0.4, 0.5) is 0 Å². The van der Waals surface area contributed by atoms with E-state index in [0.717, 1.165) is 26.6 Å². The Morgan fingerprint density at radius 1 is 0.741 bits per heavy atom. The Morgan fingerprint density at radius 3 is 1.89 bits per heavy atom. The predicted molar refractivity (Wildman–Crippen MR) is 106 cm³/mol. The van der Waals surface area contributed by atoms with Gasteiger partial charge < -0.3 is 8.83 Å². The van der Waals surface area contributed by atoms with E-state index in [1.54, 1.807) is 24.9 Å². The molecule has 4 heterocycles. The van der Waals surface area contributed by atoms with Crippen LogP contribution in [0.15, 0.2) is 86.8 Å². The van der Waals surface area contributed by atoms with E-state index in [1.807, 2.05) is 48.5 Å². The molecule has 0 radical (unpaired) electrons. The van der Waals surface area contributed by atoms with Crippen molar-refractivity contribution in [2.75, 3.05) is 0 Å². The van der Waals surface area contributed by atoms with Gasteiger partial charge in [0.15, 0.2) is 11.5 Å². The molecule has 130 valence electrons. The Labute approximate surface area is 162 Å². The van der Waals surface area contributed by atoms with Crippen molar-refractivity contribution in [1.82, 2.24) is 15.0 Å². The zero-order chi connectivity index (χ0) is 18.2. The third-order valence-electron chi connectivity index (χ3n) is 4.25. The molecule has 4 aromatic heterocycles. The molecule has 0 spiro atoms. The molecule has 5 rings (SSSR count). The molecule has 0 aliphatic carbocycles. The molecule has 5 aromatic rings. The number of pyridine rings is 1. The maximum absolute atomic E-state index is 5.58. The molecule has 0 aliphatic rings. The van der Waals surface area contributed by atoms with Crippen LogP contribution in [-0.2, 0) is 0 Å². The van der Waals surface area contributed by atoms with Crippen molar-refractivity contribution in [3.63, 3.8) is 0 Å². The van der Waals surface area contributed by atoms with Crippen molar-refractivity contribution in [2.24, 2.45) is 0 Å². The van der Waals surface area contributed by atoms with Crippen LogP contribution >= 0.6 is 15.9 Å². The van der Waals surface area contributed by atoms with Gasteiger partial charge in [-0.15, -0.1) is 0 Å². The van der Waals surface area contributed by atoms with Gasteiger partial charge in [0.2, 0.25) is 0 Å². The molecule has 27 heavy (non-hydrogen) atoms. The van der Waals surface area contributed by atoms with E-state index < -0.39 is 0 Å². The molecular formula is C21H12BrN3O2. The first-order valence-electron chi connectivity index (χ1n) is 8.29. The smallest absolute Gasteiger partial charge is 0.154 e. The van der Waals surface area contributed by atoms with Gasteiger partial charge in [0.25, 0.3) is 0 Å². The SMILES string of the molecule is Brc1cc2nc(-c3ccco3)c(-c3ccco3)nc2cc1-c1ccncc1. The highest BCUT2D eigenvalue weighted by Crippen LogP contribution is 2.35. The second-order valence-corrected chi connectivity index (χ2v) is 6.79. The monoisotopic (exact) mass is 417 g/mol. The van der Waals surface area contributed by atoms with Crippen LogP contribution in [0, 0.1) is 0 Å². The highest BCUT2D eigenvalue weighted by atomic mass is 79.9. The highest BCUT2D eigenvalue weighted by molar-refractivity contribution is 9.10. The second kappa shape index (κ2) is 6.48. The van der Waals surface area contributed by atoms with Gasteiger partial charge in [-0.3, -0.25) is 4.98 Å². The number of aromatic nitrogens is 3. The fourth-order valence-corrected chi connectivity index (χ4v) is 3.56. The van der Waals surface area contributed by atoms with Crippen molar-refractivity contribution in [1.29, 1.82) is 0 Å². The van der Waals surface area contributed by atoms with E-state index in [1.165, 1.54) is 0 Å². The first-order chi connectivity index (χ1) is 13.3. The summed E-state index contributed by atoms with van der Waals surface area (Å²) in [6, 6.07) is 15.3. The van der Waals surface area contributed by atoms with E-state index >= 15 is 0 Å². The fourth-order valence-electron chi connectivity index (χ4n) is 3.00. The normalized spacial score (nSPS) is 11.1. The van der Waals surface area contributed by atoms with Crippen LogP contribution in [0.25, 0.3) is 45.1 Å². The molecule has 0 fully saturated rings. The predicted octanol–water partition coefficient (Wildman–Crippen LogP) is 5.97. The van der Waals surface area contributed by atoms with E-state index in [0.29, 0.717) is 22.9 Å². The van der Waals surface area contributed by atoms with E-state index in [4.69, 9.17) is 18.8 Å². The lowest BCUT2D eigenvalue weighted by Crippen LogP contribution is -1.95. The summed E-state index contributed by atoms with van der Waals surface area (Å²) >= 11 is 3.65. The third-order valence-corrected chi connectivity index (χ3v) is 4.91. The highest BCUT2D eigenvalue weighted by Gasteiger charge is 2.18. The Bertz CT molecular complexity index is 1220. The van der Waals surface area contributed by atoms with Gasteiger partial charge in [0.05, 0.1) is 23.6 Å². The van der Waals surface area contributed by atoms with Crippen LogP contribution in [0.5, 0.6) is 0 Å². The molecule has 0 N–H and O–H groups in total. The summed E-state index contributed by atoms with van der Waals surface area (Å²) in [6.45, 7) is 0. The Morgan fingerprint density at radius 2 is 1.33 bits per heavy atom. The van der Waals surface area contributed by atoms with E-state index in [9.17, 15) is 0 Å².